The molecule has 0 saturated carbocycles. The highest BCUT2D eigenvalue weighted by Crippen LogP contribution is 2.24. The molecule has 2 aromatic heterocycles. The molecule has 5 nitrogen and oxygen atoms in total. The Hall–Kier alpha value is -1.88. The zero-order chi connectivity index (χ0) is 12.3. The van der Waals surface area contributed by atoms with Gasteiger partial charge in [-0.1, -0.05) is 6.92 Å². The lowest BCUT2D eigenvalue weighted by molar-refractivity contribution is -0.115. The van der Waals surface area contributed by atoms with E-state index in [-0.39, 0.29) is 12.5 Å². The van der Waals surface area contributed by atoms with E-state index in [1.54, 1.807) is 19.3 Å². The van der Waals surface area contributed by atoms with Crippen molar-refractivity contribution in [2.75, 3.05) is 11.9 Å². The summed E-state index contributed by atoms with van der Waals surface area (Å²) in [5.41, 5.74) is 1.52. The molecule has 0 unspecified atom stereocenters. The molecule has 17 heavy (non-hydrogen) atoms. The number of rotatable bonds is 4. The van der Waals surface area contributed by atoms with Crippen LogP contribution in [0, 0.1) is 0 Å². The molecule has 0 atom stereocenters. The Morgan fingerprint density at radius 1 is 1.59 bits per heavy atom. The van der Waals surface area contributed by atoms with Crippen LogP contribution in [-0.4, -0.2) is 27.2 Å². The van der Waals surface area contributed by atoms with Gasteiger partial charge in [-0.15, -0.1) is 0 Å². The van der Waals surface area contributed by atoms with Gasteiger partial charge in [-0.05, 0) is 12.1 Å². The Morgan fingerprint density at radius 3 is 3.12 bits per heavy atom. The van der Waals surface area contributed by atoms with E-state index >= 15 is 0 Å². The van der Waals surface area contributed by atoms with Crippen LogP contribution < -0.4 is 5.32 Å². The second-order valence-electron chi connectivity index (χ2n) is 3.74. The van der Waals surface area contributed by atoms with E-state index in [1.807, 2.05) is 16.7 Å². The second-order valence-corrected chi connectivity index (χ2v) is 3.74. The third-order valence-corrected chi connectivity index (χ3v) is 2.57. The molecule has 0 aliphatic carbocycles. The van der Waals surface area contributed by atoms with Crippen LogP contribution in [-0.2, 0) is 11.3 Å². The number of nitrogens with zero attached hydrogens (tertiary/aromatic N) is 2. The van der Waals surface area contributed by atoms with Crippen molar-refractivity contribution in [3.8, 4) is 0 Å². The van der Waals surface area contributed by atoms with Gasteiger partial charge in [-0.2, -0.15) is 0 Å². The maximum absolute atomic E-state index is 11.4. The van der Waals surface area contributed by atoms with Crippen LogP contribution in [0.15, 0.2) is 24.5 Å². The van der Waals surface area contributed by atoms with Crippen molar-refractivity contribution in [2.24, 2.45) is 0 Å². The molecule has 1 amide bonds. The van der Waals surface area contributed by atoms with Gasteiger partial charge in [0.25, 0.3) is 0 Å². The number of pyridine rings is 1. The van der Waals surface area contributed by atoms with Gasteiger partial charge in [0.05, 0.1) is 12.3 Å². The lowest BCUT2D eigenvalue weighted by atomic mass is 10.3. The van der Waals surface area contributed by atoms with E-state index in [9.17, 15) is 4.79 Å². The summed E-state index contributed by atoms with van der Waals surface area (Å²) in [5.74, 6) is -0.0306. The van der Waals surface area contributed by atoms with Gasteiger partial charge in [-0.3, -0.25) is 4.79 Å². The first kappa shape index (κ1) is 11.6. The fourth-order valence-electron chi connectivity index (χ4n) is 1.74. The maximum Gasteiger partial charge on any atom is 0.224 e. The lowest BCUT2D eigenvalue weighted by Gasteiger charge is -1.99. The van der Waals surface area contributed by atoms with E-state index in [0.717, 1.165) is 16.7 Å². The van der Waals surface area contributed by atoms with Crippen molar-refractivity contribution in [3.63, 3.8) is 0 Å². The number of aliphatic hydroxyl groups excluding tert-OH is 1. The van der Waals surface area contributed by atoms with Gasteiger partial charge in [0, 0.05) is 30.7 Å². The summed E-state index contributed by atoms with van der Waals surface area (Å²) in [6.07, 6.45) is 3.94. The second kappa shape index (κ2) is 4.97. The Kier molecular flexibility index (Phi) is 3.39. The standard InChI is InChI=1S/C12H15N3O2/c1-2-11(17)14-10-8-15(6-7-16)12-9(10)4-3-5-13-12/h3-5,8,16H,2,6-7H2,1H3,(H,14,17). The van der Waals surface area contributed by atoms with Gasteiger partial charge >= 0.3 is 0 Å². The fourth-order valence-corrected chi connectivity index (χ4v) is 1.74. The van der Waals surface area contributed by atoms with Crippen molar-refractivity contribution < 1.29 is 9.90 Å². The van der Waals surface area contributed by atoms with Crippen LogP contribution in [0.2, 0.25) is 0 Å². The summed E-state index contributed by atoms with van der Waals surface area (Å²) in [6, 6.07) is 3.73. The molecule has 2 rings (SSSR count). The zero-order valence-electron chi connectivity index (χ0n) is 9.68. The molecule has 0 bridgehead atoms. The number of hydrogen-bond acceptors (Lipinski definition) is 3. The summed E-state index contributed by atoms with van der Waals surface area (Å²) in [4.78, 5) is 15.7. The number of aromatic nitrogens is 2. The third-order valence-electron chi connectivity index (χ3n) is 2.57. The maximum atomic E-state index is 11.4. The Labute approximate surface area is 99.1 Å². The Balaban J connectivity index is 2.44. The van der Waals surface area contributed by atoms with Crippen molar-refractivity contribution in [1.82, 2.24) is 9.55 Å². The van der Waals surface area contributed by atoms with Crippen molar-refractivity contribution >= 4 is 22.6 Å². The average Bonchev–Trinajstić information content (AvgIpc) is 2.69. The molecular formula is C12H15N3O2. The minimum atomic E-state index is -0.0306. The van der Waals surface area contributed by atoms with E-state index in [1.165, 1.54) is 0 Å². The SMILES string of the molecule is CCC(=O)Nc1cn(CCO)c2ncccc12. The smallest absolute Gasteiger partial charge is 0.224 e. The van der Waals surface area contributed by atoms with Gasteiger partial charge in [0.2, 0.25) is 5.91 Å². The first-order valence-electron chi connectivity index (χ1n) is 5.60. The first-order chi connectivity index (χ1) is 8.26. The summed E-state index contributed by atoms with van der Waals surface area (Å²) < 4.78 is 1.83. The van der Waals surface area contributed by atoms with Crippen LogP contribution in [0.4, 0.5) is 5.69 Å². The zero-order valence-corrected chi connectivity index (χ0v) is 9.68. The lowest BCUT2D eigenvalue weighted by Crippen LogP contribution is -2.09. The number of carbonyl (C=O) groups excluding carboxylic acids is 1. The minimum Gasteiger partial charge on any atom is -0.395 e. The first-order valence-corrected chi connectivity index (χ1v) is 5.60. The molecule has 2 aromatic rings. The molecular weight excluding hydrogens is 218 g/mol. The highest BCUT2D eigenvalue weighted by atomic mass is 16.3. The van der Waals surface area contributed by atoms with Crippen LogP contribution in [0.1, 0.15) is 13.3 Å². The van der Waals surface area contributed by atoms with Crippen molar-refractivity contribution in [1.29, 1.82) is 0 Å². The molecule has 90 valence electrons. The highest BCUT2D eigenvalue weighted by molar-refractivity contribution is 6.00. The number of aliphatic hydroxyl groups is 1. The molecule has 0 spiro atoms. The number of amides is 1. The number of nitrogens with one attached hydrogen (secondary N) is 1. The molecule has 0 aliphatic rings. The van der Waals surface area contributed by atoms with Crippen molar-refractivity contribution in [2.45, 2.75) is 19.9 Å². The van der Waals surface area contributed by atoms with Crippen LogP contribution in [0.5, 0.6) is 0 Å². The molecule has 2 N–H and O–H groups in total. The number of anilines is 1. The summed E-state index contributed by atoms with van der Waals surface area (Å²) in [7, 11) is 0. The van der Waals surface area contributed by atoms with Gasteiger partial charge < -0.3 is 15.0 Å². The molecule has 0 aliphatic heterocycles. The van der Waals surface area contributed by atoms with E-state index in [0.29, 0.717) is 13.0 Å². The van der Waals surface area contributed by atoms with Crippen LogP contribution >= 0.6 is 0 Å². The molecule has 0 radical (unpaired) electrons. The number of hydrogen-bond donors (Lipinski definition) is 2. The normalized spacial score (nSPS) is 10.7. The topological polar surface area (TPSA) is 67.2 Å². The van der Waals surface area contributed by atoms with Crippen molar-refractivity contribution in [3.05, 3.63) is 24.5 Å². The van der Waals surface area contributed by atoms with E-state index in [4.69, 9.17) is 5.11 Å². The number of fused-ring (bicyclic) bond motifs is 1. The molecule has 0 fully saturated rings. The summed E-state index contributed by atoms with van der Waals surface area (Å²) in [6.45, 7) is 2.32. The Bertz CT molecular complexity index is 534. The van der Waals surface area contributed by atoms with Gasteiger partial charge in [0.1, 0.15) is 5.65 Å². The summed E-state index contributed by atoms with van der Waals surface area (Å²) in [5, 5.41) is 12.7. The predicted octanol–water partition coefficient (Wildman–Crippen LogP) is 1.38. The molecule has 0 saturated heterocycles. The van der Waals surface area contributed by atoms with Gasteiger partial charge in [-0.25, -0.2) is 4.98 Å². The van der Waals surface area contributed by atoms with Gasteiger partial charge in [0.15, 0.2) is 0 Å². The fraction of sp³-hybridized carbons (Fsp3) is 0.333. The number of carbonyl (C=O) groups is 1. The highest BCUT2D eigenvalue weighted by Gasteiger charge is 2.10. The minimum absolute atomic E-state index is 0.0306. The molecule has 5 heteroatoms. The average molecular weight is 233 g/mol. The Morgan fingerprint density at radius 2 is 2.41 bits per heavy atom. The molecule has 2 heterocycles. The summed E-state index contributed by atoms with van der Waals surface area (Å²) >= 11 is 0. The monoisotopic (exact) mass is 233 g/mol. The van der Waals surface area contributed by atoms with Crippen LogP contribution in [0.3, 0.4) is 0 Å². The third kappa shape index (κ3) is 2.29. The predicted molar refractivity (Wildman–Crippen MR) is 65.7 cm³/mol. The van der Waals surface area contributed by atoms with E-state index < -0.39 is 0 Å². The quantitative estimate of drug-likeness (QED) is 0.838. The molecule has 0 aromatic carbocycles. The van der Waals surface area contributed by atoms with Crippen LogP contribution in [0.25, 0.3) is 11.0 Å². The largest absolute Gasteiger partial charge is 0.395 e. The van der Waals surface area contributed by atoms with E-state index in [2.05, 4.69) is 10.3 Å².